The van der Waals surface area contributed by atoms with E-state index >= 15 is 0 Å². The number of rotatable bonds is 4. The largest absolute Gasteiger partial charge is 0.302 e. The molecule has 4 aromatic rings. The van der Waals surface area contributed by atoms with Gasteiger partial charge in [-0.15, -0.1) is 11.3 Å². The standard InChI is InChI=1S/C21H17ClN4O2S/c1-12-19(13-7-9-14(22)10-8-13)24-21(29-12)23-18(27)11-17-15-5-3-4-6-16(15)20(28)26(2)25-17/h3-10H,11H2,1-2H3,(H,23,24,27). The quantitative estimate of drug-likeness (QED) is 0.532. The number of anilines is 1. The molecule has 0 unspecified atom stereocenters. The molecule has 0 saturated carbocycles. The lowest BCUT2D eigenvalue weighted by Crippen LogP contribution is -2.24. The molecular weight excluding hydrogens is 408 g/mol. The molecule has 29 heavy (non-hydrogen) atoms. The number of nitrogens with one attached hydrogen (secondary N) is 1. The average molecular weight is 425 g/mol. The molecule has 146 valence electrons. The van der Waals surface area contributed by atoms with Gasteiger partial charge in [-0.1, -0.05) is 41.9 Å². The van der Waals surface area contributed by atoms with Crippen LogP contribution < -0.4 is 10.9 Å². The number of halogens is 1. The van der Waals surface area contributed by atoms with Crippen molar-refractivity contribution in [2.75, 3.05) is 5.32 Å². The summed E-state index contributed by atoms with van der Waals surface area (Å²) in [5.74, 6) is -0.238. The minimum Gasteiger partial charge on any atom is -0.302 e. The van der Waals surface area contributed by atoms with E-state index in [2.05, 4.69) is 15.4 Å². The summed E-state index contributed by atoms with van der Waals surface area (Å²) in [5.41, 5.74) is 2.11. The molecule has 8 heteroatoms. The summed E-state index contributed by atoms with van der Waals surface area (Å²) in [4.78, 5) is 30.4. The molecule has 0 bridgehead atoms. The van der Waals surface area contributed by atoms with Crippen molar-refractivity contribution in [3.63, 3.8) is 0 Å². The van der Waals surface area contributed by atoms with Crippen LogP contribution in [-0.2, 0) is 18.3 Å². The van der Waals surface area contributed by atoms with E-state index < -0.39 is 0 Å². The van der Waals surface area contributed by atoms with Crippen LogP contribution in [0.5, 0.6) is 0 Å². The third kappa shape index (κ3) is 3.92. The van der Waals surface area contributed by atoms with Gasteiger partial charge in [0, 0.05) is 27.9 Å². The van der Waals surface area contributed by atoms with Gasteiger partial charge in [0.15, 0.2) is 5.13 Å². The molecular formula is C21H17ClN4O2S. The highest BCUT2D eigenvalue weighted by Crippen LogP contribution is 2.31. The van der Waals surface area contributed by atoms with Crippen molar-refractivity contribution in [2.45, 2.75) is 13.3 Å². The Morgan fingerprint density at radius 1 is 1.14 bits per heavy atom. The highest BCUT2D eigenvalue weighted by Gasteiger charge is 2.15. The summed E-state index contributed by atoms with van der Waals surface area (Å²) in [6, 6.07) is 14.6. The summed E-state index contributed by atoms with van der Waals surface area (Å²) in [7, 11) is 1.58. The van der Waals surface area contributed by atoms with Gasteiger partial charge < -0.3 is 5.32 Å². The number of benzene rings is 2. The van der Waals surface area contributed by atoms with Crippen molar-refractivity contribution in [3.05, 3.63) is 74.5 Å². The Bertz CT molecular complexity index is 1280. The van der Waals surface area contributed by atoms with Crippen LogP contribution in [-0.4, -0.2) is 20.7 Å². The summed E-state index contributed by atoms with van der Waals surface area (Å²) >= 11 is 7.36. The predicted molar refractivity (Wildman–Crippen MR) is 117 cm³/mol. The van der Waals surface area contributed by atoms with Crippen LogP contribution >= 0.6 is 22.9 Å². The van der Waals surface area contributed by atoms with E-state index in [0.29, 0.717) is 26.6 Å². The predicted octanol–water partition coefficient (Wildman–Crippen LogP) is 4.20. The van der Waals surface area contributed by atoms with Gasteiger partial charge in [0.2, 0.25) is 5.91 Å². The molecule has 0 fully saturated rings. The second-order valence-electron chi connectivity index (χ2n) is 6.58. The normalized spacial score (nSPS) is 11.0. The van der Waals surface area contributed by atoms with Gasteiger partial charge in [0.05, 0.1) is 23.2 Å². The maximum Gasteiger partial charge on any atom is 0.274 e. The van der Waals surface area contributed by atoms with Gasteiger partial charge in [0.25, 0.3) is 5.56 Å². The molecule has 4 rings (SSSR count). The first-order valence-corrected chi connectivity index (χ1v) is 10.1. The van der Waals surface area contributed by atoms with E-state index in [1.165, 1.54) is 16.0 Å². The molecule has 6 nitrogen and oxygen atoms in total. The Morgan fingerprint density at radius 3 is 2.55 bits per heavy atom. The van der Waals surface area contributed by atoms with Crippen LogP contribution in [0.4, 0.5) is 5.13 Å². The van der Waals surface area contributed by atoms with E-state index in [-0.39, 0.29) is 17.9 Å². The van der Waals surface area contributed by atoms with Gasteiger partial charge in [-0.05, 0) is 25.1 Å². The second kappa shape index (κ2) is 7.77. The molecule has 0 atom stereocenters. The van der Waals surface area contributed by atoms with Crippen molar-refractivity contribution in [2.24, 2.45) is 7.05 Å². The fourth-order valence-corrected chi connectivity index (χ4v) is 4.13. The first kappa shape index (κ1) is 19.3. The SMILES string of the molecule is Cc1sc(NC(=O)Cc2nn(C)c(=O)c3ccccc23)nc1-c1ccc(Cl)cc1. The smallest absolute Gasteiger partial charge is 0.274 e. The number of thiazole rings is 1. The third-order valence-electron chi connectivity index (χ3n) is 4.52. The number of nitrogens with zero attached hydrogens (tertiary/aromatic N) is 3. The lowest BCUT2D eigenvalue weighted by atomic mass is 10.1. The van der Waals surface area contributed by atoms with E-state index in [0.717, 1.165) is 16.1 Å². The third-order valence-corrected chi connectivity index (χ3v) is 5.66. The Kier molecular flexibility index (Phi) is 5.17. The monoisotopic (exact) mass is 424 g/mol. The zero-order chi connectivity index (χ0) is 20.5. The molecule has 2 heterocycles. The number of hydrogen-bond donors (Lipinski definition) is 1. The highest BCUT2D eigenvalue weighted by molar-refractivity contribution is 7.16. The molecule has 0 aliphatic rings. The Morgan fingerprint density at radius 2 is 1.83 bits per heavy atom. The van der Waals surface area contributed by atoms with Crippen LogP contribution in [0.2, 0.25) is 5.02 Å². The van der Waals surface area contributed by atoms with E-state index in [1.54, 1.807) is 25.2 Å². The molecule has 0 aliphatic heterocycles. The lowest BCUT2D eigenvalue weighted by molar-refractivity contribution is -0.115. The van der Waals surface area contributed by atoms with E-state index in [4.69, 9.17) is 11.6 Å². The molecule has 2 aromatic carbocycles. The molecule has 1 N–H and O–H groups in total. The van der Waals surface area contributed by atoms with Gasteiger partial charge >= 0.3 is 0 Å². The van der Waals surface area contributed by atoms with Crippen molar-refractivity contribution in [1.29, 1.82) is 0 Å². The molecule has 0 saturated heterocycles. The fourth-order valence-electron chi connectivity index (χ4n) is 3.15. The summed E-state index contributed by atoms with van der Waals surface area (Å²) in [5, 5.41) is 9.53. The molecule has 0 radical (unpaired) electrons. The summed E-state index contributed by atoms with van der Waals surface area (Å²) < 4.78 is 1.26. The highest BCUT2D eigenvalue weighted by atomic mass is 35.5. The van der Waals surface area contributed by atoms with Crippen LogP contribution in [0.3, 0.4) is 0 Å². The van der Waals surface area contributed by atoms with Gasteiger partial charge in [0.1, 0.15) is 0 Å². The Labute approximate surface area is 175 Å². The van der Waals surface area contributed by atoms with Gasteiger partial charge in [-0.2, -0.15) is 5.10 Å². The van der Waals surface area contributed by atoms with Crippen molar-refractivity contribution in [3.8, 4) is 11.3 Å². The van der Waals surface area contributed by atoms with Crippen LogP contribution in [0.15, 0.2) is 53.3 Å². The molecule has 0 aliphatic carbocycles. The number of amides is 1. The Balaban J connectivity index is 1.58. The molecule has 2 aromatic heterocycles. The molecule has 0 spiro atoms. The summed E-state index contributed by atoms with van der Waals surface area (Å²) in [6.07, 6.45) is 0.0452. The van der Waals surface area contributed by atoms with Gasteiger partial charge in [-0.3, -0.25) is 9.59 Å². The zero-order valence-electron chi connectivity index (χ0n) is 15.8. The molecule has 1 amide bonds. The maximum absolute atomic E-state index is 12.6. The number of aryl methyl sites for hydroxylation is 2. The second-order valence-corrected chi connectivity index (χ2v) is 8.22. The number of aromatic nitrogens is 3. The maximum atomic E-state index is 12.6. The lowest BCUT2D eigenvalue weighted by Gasteiger charge is -2.07. The van der Waals surface area contributed by atoms with Crippen molar-refractivity contribution >= 4 is 44.7 Å². The van der Waals surface area contributed by atoms with Crippen molar-refractivity contribution in [1.82, 2.24) is 14.8 Å². The van der Waals surface area contributed by atoms with Crippen molar-refractivity contribution < 1.29 is 4.79 Å². The Hall–Kier alpha value is -3.03. The van der Waals surface area contributed by atoms with E-state index in [9.17, 15) is 9.59 Å². The zero-order valence-corrected chi connectivity index (χ0v) is 17.3. The first-order chi connectivity index (χ1) is 13.9. The van der Waals surface area contributed by atoms with Crippen LogP contribution in [0.25, 0.3) is 22.0 Å². The van der Waals surface area contributed by atoms with E-state index in [1.807, 2.05) is 37.3 Å². The first-order valence-electron chi connectivity index (χ1n) is 8.90. The minimum absolute atomic E-state index is 0.0452. The fraction of sp³-hybridized carbons (Fsp3) is 0.143. The number of hydrogen-bond acceptors (Lipinski definition) is 5. The number of fused-ring (bicyclic) bond motifs is 1. The van der Waals surface area contributed by atoms with Gasteiger partial charge in [-0.25, -0.2) is 9.67 Å². The average Bonchev–Trinajstić information content (AvgIpc) is 3.06. The number of carbonyl (C=O) groups excluding carboxylic acids is 1. The number of carbonyl (C=O) groups is 1. The summed E-state index contributed by atoms with van der Waals surface area (Å²) in [6.45, 7) is 1.96. The topological polar surface area (TPSA) is 76.9 Å². The van der Waals surface area contributed by atoms with Crippen LogP contribution in [0.1, 0.15) is 10.6 Å². The van der Waals surface area contributed by atoms with Crippen LogP contribution in [0, 0.1) is 6.92 Å². The minimum atomic E-state index is -0.238.